The summed E-state index contributed by atoms with van der Waals surface area (Å²) in [6, 6.07) is 19.9. The number of hydrogen-bond donors (Lipinski definition) is 0. The number of benzene rings is 2. The van der Waals surface area contributed by atoms with Crippen molar-refractivity contribution in [2.24, 2.45) is 10.2 Å². The average molecular weight is 406 g/mol. The van der Waals surface area contributed by atoms with Crippen LogP contribution in [0.2, 0.25) is 0 Å². The predicted molar refractivity (Wildman–Crippen MR) is 112 cm³/mol. The highest BCUT2D eigenvalue weighted by atomic mass is 32.1. The van der Waals surface area contributed by atoms with Crippen LogP contribution in [0.25, 0.3) is 0 Å². The first-order chi connectivity index (χ1) is 14.2. The van der Waals surface area contributed by atoms with Crippen molar-refractivity contribution in [3.63, 3.8) is 0 Å². The third-order valence-corrected chi connectivity index (χ3v) is 4.97. The van der Waals surface area contributed by atoms with Gasteiger partial charge in [-0.05, 0) is 47.6 Å². The lowest BCUT2D eigenvalue weighted by molar-refractivity contribution is -0.380. The van der Waals surface area contributed by atoms with Gasteiger partial charge in [-0.3, -0.25) is 10.1 Å². The van der Waals surface area contributed by atoms with Crippen LogP contribution in [-0.2, 0) is 6.42 Å². The van der Waals surface area contributed by atoms with Crippen molar-refractivity contribution in [2.75, 3.05) is 18.0 Å². The van der Waals surface area contributed by atoms with E-state index in [0.29, 0.717) is 18.7 Å². The van der Waals surface area contributed by atoms with E-state index in [-0.39, 0.29) is 10.1 Å². The fourth-order valence-corrected chi connectivity index (χ4v) is 3.24. The molecule has 29 heavy (non-hydrogen) atoms. The van der Waals surface area contributed by atoms with Crippen molar-refractivity contribution >= 4 is 32.8 Å². The molecule has 1 heterocycles. The van der Waals surface area contributed by atoms with Crippen LogP contribution in [0.4, 0.5) is 21.5 Å². The number of rotatable bonds is 9. The molecular weight excluding hydrogens is 388 g/mol. The van der Waals surface area contributed by atoms with Crippen molar-refractivity contribution in [1.82, 2.24) is 4.98 Å². The number of aromatic nitrogens is 1. The number of nitriles is 1. The molecule has 0 aliphatic rings. The molecule has 0 aliphatic carbocycles. The first kappa shape index (κ1) is 20.1. The van der Waals surface area contributed by atoms with Gasteiger partial charge in [-0.1, -0.05) is 30.3 Å². The zero-order valence-electron chi connectivity index (χ0n) is 15.5. The summed E-state index contributed by atoms with van der Waals surface area (Å²) >= 11 is 0.872. The fourth-order valence-electron chi connectivity index (χ4n) is 2.68. The van der Waals surface area contributed by atoms with Crippen molar-refractivity contribution < 1.29 is 4.92 Å². The van der Waals surface area contributed by atoms with E-state index in [2.05, 4.69) is 38.3 Å². The normalized spacial score (nSPS) is 10.7. The highest BCUT2D eigenvalue weighted by Gasteiger charge is 2.11. The molecule has 0 aliphatic heterocycles. The summed E-state index contributed by atoms with van der Waals surface area (Å²) in [5.41, 5.74) is 2.87. The van der Waals surface area contributed by atoms with E-state index in [9.17, 15) is 10.1 Å². The molecule has 0 saturated heterocycles. The number of nitrogens with zero attached hydrogens (tertiary/aromatic N) is 6. The van der Waals surface area contributed by atoms with Crippen molar-refractivity contribution in [1.29, 1.82) is 5.26 Å². The van der Waals surface area contributed by atoms with Gasteiger partial charge in [0.2, 0.25) is 5.13 Å². The van der Waals surface area contributed by atoms with E-state index in [4.69, 9.17) is 5.26 Å². The molecule has 0 atom stereocenters. The van der Waals surface area contributed by atoms with E-state index in [1.54, 1.807) is 0 Å². The van der Waals surface area contributed by atoms with E-state index in [1.807, 2.05) is 42.5 Å². The van der Waals surface area contributed by atoms with Gasteiger partial charge in [0.05, 0.1) is 23.1 Å². The second-order valence-corrected chi connectivity index (χ2v) is 7.07. The van der Waals surface area contributed by atoms with Gasteiger partial charge in [0, 0.05) is 18.8 Å². The van der Waals surface area contributed by atoms with Gasteiger partial charge in [-0.15, -0.1) is 10.2 Å². The molecule has 0 spiro atoms. The highest BCUT2D eigenvalue weighted by Crippen LogP contribution is 2.29. The van der Waals surface area contributed by atoms with Crippen LogP contribution in [0, 0.1) is 21.4 Å². The Morgan fingerprint density at radius 1 is 1.10 bits per heavy atom. The zero-order valence-corrected chi connectivity index (χ0v) is 16.3. The Kier molecular flexibility index (Phi) is 6.97. The summed E-state index contributed by atoms with van der Waals surface area (Å²) in [4.78, 5) is 16.2. The Balaban J connectivity index is 1.66. The fraction of sp³-hybridized carbons (Fsp3) is 0.200. The quantitative estimate of drug-likeness (QED) is 0.267. The van der Waals surface area contributed by atoms with E-state index in [1.165, 1.54) is 11.8 Å². The monoisotopic (exact) mass is 406 g/mol. The lowest BCUT2D eigenvalue weighted by Crippen LogP contribution is -2.26. The molecule has 146 valence electrons. The van der Waals surface area contributed by atoms with Crippen LogP contribution in [0.15, 0.2) is 71.0 Å². The van der Waals surface area contributed by atoms with Gasteiger partial charge in [-0.2, -0.15) is 5.26 Å². The molecule has 0 amide bonds. The molecule has 0 bridgehead atoms. The number of anilines is 1. The lowest BCUT2D eigenvalue weighted by atomic mass is 10.1. The predicted octanol–water partition coefficient (Wildman–Crippen LogP) is 5.43. The number of azo groups is 1. The van der Waals surface area contributed by atoms with Gasteiger partial charge in [0.25, 0.3) is 0 Å². The van der Waals surface area contributed by atoms with Crippen LogP contribution >= 0.6 is 11.3 Å². The van der Waals surface area contributed by atoms with Crippen LogP contribution in [-0.4, -0.2) is 23.0 Å². The Bertz CT molecular complexity index is 1010. The Morgan fingerprint density at radius 2 is 1.86 bits per heavy atom. The first-order valence-electron chi connectivity index (χ1n) is 8.93. The molecule has 0 unspecified atom stereocenters. The summed E-state index contributed by atoms with van der Waals surface area (Å²) in [5.74, 6) is 0. The topological polar surface area (TPSA) is 108 Å². The summed E-state index contributed by atoms with van der Waals surface area (Å²) < 4.78 is 0. The minimum absolute atomic E-state index is 0.0687. The Hall–Kier alpha value is -3.64. The number of nitro groups is 1. The molecule has 0 N–H and O–H groups in total. The molecule has 3 aromatic rings. The zero-order chi connectivity index (χ0) is 20.5. The minimum Gasteiger partial charge on any atom is -0.370 e. The lowest BCUT2D eigenvalue weighted by Gasteiger charge is -2.24. The SMILES string of the molecule is N#CCCN(CCc1ccccc1)c1ccc(N=Nc2ncc([N+](=O)[O-])s2)cc1. The second-order valence-electron chi connectivity index (χ2n) is 6.09. The second kappa shape index (κ2) is 10.1. The molecule has 2 aromatic carbocycles. The highest BCUT2D eigenvalue weighted by molar-refractivity contribution is 7.18. The maximum atomic E-state index is 10.7. The third kappa shape index (κ3) is 5.92. The maximum Gasteiger partial charge on any atom is 0.345 e. The van der Waals surface area contributed by atoms with Crippen LogP contribution in [0.1, 0.15) is 12.0 Å². The molecule has 8 nitrogen and oxygen atoms in total. The molecule has 9 heteroatoms. The summed E-state index contributed by atoms with van der Waals surface area (Å²) in [6.07, 6.45) is 2.50. The first-order valence-corrected chi connectivity index (χ1v) is 9.75. The third-order valence-electron chi connectivity index (χ3n) is 4.13. The van der Waals surface area contributed by atoms with Crippen LogP contribution < -0.4 is 4.90 Å². The number of hydrogen-bond acceptors (Lipinski definition) is 8. The van der Waals surface area contributed by atoms with Crippen molar-refractivity contribution in [3.8, 4) is 6.07 Å². The Labute approximate surface area is 171 Å². The summed E-state index contributed by atoms with van der Waals surface area (Å²) in [5, 5.41) is 27.8. The molecule has 0 fully saturated rings. The molecule has 0 saturated carbocycles. The smallest absolute Gasteiger partial charge is 0.345 e. The summed E-state index contributed by atoms with van der Waals surface area (Å²) in [7, 11) is 0. The van der Waals surface area contributed by atoms with Crippen LogP contribution in [0.5, 0.6) is 0 Å². The standard InChI is InChI=1S/C20H18N6O2S/c21-12-4-13-25(14-11-16-5-2-1-3-6-16)18-9-7-17(8-10-18)23-24-20-22-15-19(29-20)26(27)28/h1-3,5-10,15H,4,11,13-14H2. The molecule has 0 radical (unpaired) electrons. The van der Waals surface area contributed by atoms with Crippen molar-refractivity contribution in [3.05, 3.63) is 76.5 Å². The largest absolute Gasteiger partial charge is 0.370 e. The minimum atomic E-state index is -0.503. The number of thiazole rings is 1. The van der Waals surface area contributed by atoms with Crippen LogP contribution in [0.3, 0.4) is 0 Å². The van der Waals surface area contributed by atoms with E-state index in [0.717, 1.165) is 30.0 Å². The van der Waals surface area contributed by atoms with Gasteiger partial charge >= 0.3 is 5.00 Å². The van der Waals surface area contributed by atoms with Gasteiger partial charge in [0.1, 0.15) is 6.20 Å². The Morgan fingerprint density at radius 3 is 2.52 bits per heavy atom. The van der Waals surface area contributed by atoms with Gasteiger partial charge in [0.15, 0.2) is 0 Å². The molecule has 3 rings (SSSR count). The van der Waals surface area contributed by atoms with E-state index < -0.39 is 4.92 Å². The maximum absolute atomic E-state index is 10.7. The van der Waals surface area contributed by atoms with E-state index >= 15 is 0 Å². The average Bonchev–Trinajstić information content (AvgIpc) is 3.23. The van der Waals surface area contributed by atoms with Crippen molar-refractivity contribution in [2.45, 2.75) is 12.8 Å². The van der Waals surface area contributed by atoms with Gasteiger partial charge < -0.3 is 4.90 Å². The summed E-state index contributed by atoms with van der Waals surface area (Å²) in [6.45, 7) is 1.45. The van der Waals surface area contributed by atoms with Gasteiger partial charge in [-0.25, -0.2) is 4.98 Å². The molecule has 1 aromatic heterocycles. The molecular formula is C20H18N6O2S.